The van der Waals surface area contributed by atoms with Crippen LogP contribution in [0, 0.1) is 17.8 Å². The molecule has 2 aromatic rings. The van der Waals surface area contributed by atoms with E-state index in [0.29, 0.717) is 11.8 Å². The SMILES string of the molecule is CCCCCC(O)CCC1C2Cc3cccc(OCC(=O)OCc4ccccc4)c3CC2C[C@H]1OC(=O)N(C)C. The average Bonchev–Trinajstić information content (AvgIpc) is 3.28. The first-order chi connectivity index (χ1) is 19.4. The van der Waals surface area contributed by atoms with Crippen LogP contribution in [0.2, 0.25) is 0 Å². The normalized spacial score (nSPS) is 22.1. The Kier molecular flexibility index (Phi) is 10.9. The van der Waals surface area contributed by atoms with Crippen molar-refractivity contribution < 1.29 is 28.9 Å². The summed E-state index contributed by atoms with van der Waals surface area (Å²) < 4.78 is 17.4. The van der Waals surface area contributed by atoms with Gasteiger partial charge in [0.2, 0.25) is 0 Å². The molecule has 0 heterocycles. The minimum absolute atomic E-state index is 0.140. The lowest BCUT2D eigenvalue weighted by molar-refractivity contribution is -0.147. The number of aliphatic hydroxyl groups is 1. The number of hydrogen-bond donors (Lipinski definition) is 1. The van der Waals surface area contributed by atoms with Gasteiger partial charge in [0.15, 0.2) is 6.61 Å². The van der Waals surface area contributed by atoms with E-state index in [9.17, 15) is 14.7 Å². The molecule has 0 spiro atoms. The number of amides is 1. The first-order valence-corrected chi connectivity index (χ1v) is 14.8. The number of carbonyl (C=O) groups excluding carboxylic acids is 2. The second-order valence-corrected chi connectivity index (χ2v) is 11.6. The third-order valence-corrected chi connectivity index (χ3v) is 8.50. The van der Waals surface area contributed by atoms with Gasteiger partial charge in [0.1, 0.15) is 18.5 Å². The fourth-order valence-corrected chi connectivity index (χ4v) is 6.36. The summed E-state index contributed by atoms with van der Waals surface area (Å²) in [7, 11) is 3.42. The highest BCUT2D eigenvalue weighted by Crippen LogP contribution is 2.49. The summed E-state index contributed by atoms with van der Waals surface area (Å²) >= 11 is 0. The second kappa shape index (κ2) is 14.5. The largest absolute Gasteiger partial charge is 0.482 e. The van der Waals surface area contributed by atoms with Crippen molar-refractivity contribution in [3.05, 3.63) is 65.2 Å². The van der Waals surface area contributed by atoms with E-state index in [1.165, 1.54) is 10.5 Å². The van der Waals surface area contributed by atoms with Gasteiger partial charge in [0.05, 0.1) is 6.10 Å². The standard InChI is InChI=1S/C33H45NO6/c1-4-5-7-14-26(35)16-17-27-28-18-24-13-10-15-30(38-22-32(36)39-21-23-11-8-6-9-12-23)29(24)19-25(28)20-31(27)40-33(37)34(2)3/h6,8-13,15,25-28,31,35H,4-5,7,14,16-22H2,1-3H3/t25?,26?,27?,28?,31-/m1/s1. The maximum atomic E-state index is 12.5. The molecule has 218 valence electrons. The van der Waals surface area contributed by atoms with Gasteiger partial charge in [-0.15, -0.1) is 0 Å². The third kappa shape index (κ3) is 8.00. The number of nitrogens with zero attached hydrogens (tertiary/aromatic N) is 1. The second-order valence-electron chi connectivity index (χ2n) is 11.6. The smallest absolute Gasteiger partial charge is 0.409 e. The maximum absolute atomic E-state index is 12.5. The number of benzene rings is 2. The van der Waals surface area contributed by atoms with E-state index >= 15 is 0 Å². The predicted octanol–water partition coefficient (Wildman–Crippen LogP) is 5.95. The first kappa shape index (κ1) is 29.9. The Bertz CT molecular complexity index is 1100. The van der Waals surface area contributed by atoms with Crippen molar-refractivity contribution in [2.75, 3.05) is 20.7 Å². The van der Waals surface area contributed by atoms with E-state index in [0.717, 1.165) is 74.7 Å². The maximum Gasteiger partial charge on any atom is 0.409 e. The van der Waals surface area contributed by atoms with Crippen molar-refractivity contribution in [1.29, 1.82) is 0 Å². The Morgan fingerprint density at radius 3 is 2.58 bits per heavy atom. The number of rotatable bonds is 13. The molecule has 0 radical (unpaired) electrons. The molecule has 40 heavy (non-hydrogen) atoms. The Balaban J connectivity index is 1.40. The summed E-state index contributed by atoms with van der Waals surface area (Å²) in [6.45, 7) is 2.25. The lowest BCUT2D eigenvalue weighted by Crippen LogP contribution is -2.32. The number of ether oxygens (including phenoxy) is 3. The Hall–Kier alpha value is -3.06. The quantitative estimate of drug-likeness (QED) is 0.245. The highest BCUT2D eigenvalue weighted by molar-refractivity contribution is 5.71. The molecule has 5 atom stereocenters. The van der Waals surface area contributed by atoms with Crippen LogP contribution < -0.4 is 4.74 Å². The predicted molar refractivity (Wildman–Crippen MR) is 154 cm³/mol. The van der Waals surface area contributed by atoms with Crippen molar-refractivity contribution in [3.63, 3.8) is 0 Å². The topological polar surface area (TPSA) is 85.3 Å². The van der Waals surface area contributed by atoms with E-state index in [4.69, 9.17) is 14.2 Å². The van der Waals surface area contributed by atoms with Crippen LogP contribution in [0.3, 0.4) is 0 Å². The van der Waals surface area contributed by atoms with E-state index in [1.807, 2.05) is 42.5 Å². The van der Waals surface area contributed by atoms with Crippen LogP contribution in [0.4, 0.5) is 4.79 Å². The van der Waals surface area contributed by atoms with Crippen LogP contribution in [0.5, 0.6) is 5.75 Å². The number of carbonyl (C=O) groups is 2. The zero-order valence-corrected chi connectivity index (χ0v) is 24.2. The van der Waals surface area contributed by atoms with E-state index in [-0.39, 0.29) is 37.4 Å². The number of esters is 1. The Labute approximate surface area is 238 Å². The molecule has 1 N–H and O–H groups in total. The van der Waals surface area contributed by atoms with Crippen LogP contribution in [0.1, 0.15) is 68.6 Å². The van der Waals surface area contributed by atoms with E-state index < -0.39 is 5.97 Å². The molecule has 4 rings (SSSR count). The van der Waals surface area contributed by atoms with Crippen LogP contribution >= 0.6 is 0 Å². The Morgan fingerprint density at radius 1 is 1.02 bits per heavy atom. The van der Waals surface area contributed by atoms with Gasteiger partial charge in [0, 0.05) is 14.1 Å². The minimum atomic E-state index is -0.399. The van der Waals surface area contributed by atoms with E-state index in [1.54, 1.807) is 14.1 Å². The summed E-state index contributed by atoms with van der Waals surface area (Å²) in [5.41, 5.74) is 3.30. The first-order valence-electron chi connectivity index (χ1n) is 14.8. The summed E-state index contributed by atoms with van der Waals surface area (Å²) in [6, 6.07) is 15.6. The van der Waals surface area contributed by atoms with Crippen molar-refractivity contribution in [2.45, 2.75) is 83.5 Å². The fraction of sp³-hybridized carbons (Fsp3) is 0.576. The van der Waals surface area contributed by atoms with Gasteiger partial charge in [-0.2, -0.15) is 0 Å². The zero-order chi connectivity index (χ0) is 28.5. The van der Waals surface area contributed by atoms with Gasteiger partial charge >= 0.3 is 12.1 Å². The molecule has 4 unspecified atom stereocenters. The number of hydrogen-bond acceptors (Lipinski definition) is 6. The summed E-state index contributed by atoms with van der Waals surface area (Å²) in [5, 5.41) is 10.6. The number of fused-ring (bicyclic) bond motifs is 2. The molecule has 7 nitrogen and oxygen atoms in total. The molecule has 1 fully saturated rings. The molecule has 7 heteroatoms. The molecule has 2 aliphatic carbocycles. The van der Waals surface area contributed by atoms with E-state index in [2.05, 4.69) is 13.0 Å². The molecular weight excluding hydrogens is 506 g/mol. The van der Waals surface area contributed by atoms with Gasteiger partial charge in [-0.25, -0.2) is 9.59 Å². The molecule has 2 aromatic carbocycles. The van der Waals surface area contributed by atoms with Crippen molar-refractivity contribution in [2.24, 2.45) is 17.8 Å². The van der Waals surface area contributed by atoms with Gasteiger partial charge in [-0.05, 0) is 79.0 Å². The highest BCUT2D eigenvalue weighted by Gasteiger charge is 2.47. The van der Waals surface area contributed by atoms with Crippen LogP contribution in [-0.2, 0) is 33.7 Å². The Morgan fingerprint density at radius 2 is 1.82 bits per heavy atom. The lowest BCUT2D eigenvalue weighted by Gasteiger charge is -2.33. The molecule has 1 amide bonds. The van der Waals surface area contributed by atoms with Crippen molar-refractivity contribution >= 4 is 12.1 Å². The van der Waals surface area contributed by atoms with Crippen LogP contribution in [0.15, 0.2) is 48.5 Å². The third-order valence-electron chi connectivity index (χ3n) is 8.50. The summed E-state index contributed by atoms with van der Waals surface area (Å²) in [6.07, 6.45) is 7.43. The average molecular weight is 552 g/mol. The molecule has 0 aromatic heterocycles. The lowest BCUT2D eigenvalue weighted by atomic mass is 9.73. The molecular formula is C33H45NO6. The molecule has 0 aliphatic heterocycles. The molecule has 0 bridgehead atoms. The van der Waals surface area contributed by atoms with Gasteiger partial charge < -0.3 is 24.2 Å². The number of aliphatic hydroxyl groups excluding tert-OH is 1. The number of unbranched alkanes of at least 4 members (excludes halogenated alkanes) is 2. The van der Waals surface area contributed by atoms with Crippen molar-refractivity contribution in [1.82, 2.24) is 4.90 Å². The fourth-order valence-electron chi connectivity index (χ4n) is 6.36. The van der Waals surface area contributed by atoms with Crippen LogP contribution in [0.25, 0.3) is 0 Å². The summed E-state index contributed by atoms with van der Waals surface area (Å²) in [4.78, 5) is 26.4. The monoisotopic (exact) mass is 551 g/mol. The van der Waals surface area contributed by atoms with Gasteiger partial charge in [-0.3, -0.25) is 0 Å². The molecule has 1 saturated carbocycles. The van der Waals surface area contributed by atoms with Gasteiger partial charge in [-0.1, -0.05) is 68.7 Å². The highest BCUT2D eigenvalue weighted by atomic mass is 16.6. The van der Waals surface area contributed by atoms with Crippen LogP contribution in [-0.4, -0.2) is 55.0 Å². The van der Waals surface area contributed by atoms with Gasteiger partial charge in [0.25, 0.3) is 0 Å². The zero-order valence-electron chi connectivity index (χ0n) is 24.2. The summed E-state index contributed by atoms with van der Waals surface area (Å²) in [5.74, 6) is 1.26. The molecule has 2 aliphatic rings. The minimum Gasteiger partial charge on any atom is -0.482 e. The molecule has 0 saturated heterocycles. The van der Waals surface area contributed by atoms with Crippen molar-refractivity contribution in [3.8, 4) is 5.75 Å².